The number of carbonyl (C=O) groups is 1. The second kappa shape index (κ2) is 6.29. The zero-order chi connectivity index (χ0) is 13.7. The minimum atomic E-state index is -0.905. The molecule has 1 heterocycles. The second-order valence-electron chi connectivity index (χ2n) is 3.79. The van der Waals surface area contributed by atoms with Crippen molar-refractivity contribution >= 4 is 34.2 Å². The molecule has 0 bridgehead atoms. The van der Waals surface area contributed by atoms with Crippen molar-refractivity contribution in [3.05, 3.63) is 57.9 Å². The van der Waals surface area contributed by atoms with E-state index in [1.807, 2.05) is 24.3 Å². The summed E-state index contributed by atoms with van der Waals surface area (Å²) in [5.41, 5.74) is 1.15. The molecule has 0 radical (unpaired) electrons. The molecular weight excluding hydrogens is 353 g/mol. The maximum absolute atomic E-state index is 12.1. The topological polar surface area (TPSA) is 65.8 Å². The van der Waals surface area contributed by atoms with Crippen molar-refractivity contribution in [2.45, 2.75) is 5.92 Å². The van der Waals surface area contributed by atoms with Gasteiger partial charge in [0, 0.05) is 9.77 Å². The van der Waals surface area contributed by atoms with Crippen molar-refractivity contribution < 1.29 is 4.79 Å². The van der Waals surface area contributed by atoms with Crippen molar-refractivity contribution in [3.63, 3.8) is 0 Å². The van der Waals surface area contributed by atoms with Crippen molar-refractivity contribution in [2.75, 3.05) is 5.32 Å². The Kier molecular flexibility index (Phi) is 4.47. The number of pyridine rings is 1. The van der Waals surface area contributed by atoms with Crippen molar-refractivity contribution in [2.24, 2.45) is 0 Å². The Morgan fingerprint density at radius 1 is 1.26 bits per heavy atom. The zero-order valence-electron chi connectivity index (χ0n) is 9.88. The number of nitrogens with zero attached hydrogens (tertiary/aromatic N) is 2. The molecule has 5 heteroatoms. The summed E-state index contributed by atoms with van der Waals surface area (Å²) in [6.07, 6.45) is 1.57. The molecule has 1 atom stereocenters. The van der Waals surface area contributed by atoms with Crippen LogP contribution in [0, 0.1) is 14.9 Å². The highest BCUT2D eigenvalue weighted by Gasteiger charge is 2.21. The molecule has 0 aliphatic rings. The number of nitrogens with one attached hydrogen (secondary N) is 1. The molecule has 19 heavy (non-hydrogen) atoms. The van der Waals surface area contributed by atoms with Gasteiger partial charge in [-0.15, -0.1) is 0 Å². The third-order valence-corrected chi connectivity index (χ3v) is 3.45. The van der Waals surface area contributed by atoms with Crippen LogP contribution in [-0.2, 0) is 4.79 Å². The summed E-state index contributed by atoms with van der Waals surface area (Å²) >= 11 is 2.13. The van der Waals surface area contributed by atoms with Gasteiger partial charge in [-0.3, -0.25) is 9.78 Å². The van der Waals surface area contributed by atoms with Crippen molar-refractivity contribution in [1.82, 2.24) is 4.98 Å². The Labute approximate surface area is 124 Å². The van der Waals surface area contributed by atoms with Gasteiger partial charge in [-0.25, -0.2) is 0 Å². The average Bonchev–Trinajstić information content (AvgIpc) is 2.43. The van der Waals surface area contributed by atoms with Crippen LogP contribution in [0.15, 0.2) is 48.7 Å². The van der Waals surface area contributed by atoms with Gasteiger partial charge in [-0.2, -0.15) is 5.26 Å². The second-order valence-corrected chi connectivity index (χ2v) is 4.95. The van der Waals surface area contributed by atoms with Crippen LogP contribution in [0.1, 0.15) is 11.6 Å². The number of aromatic nitrogens is 1. The summed E-state index contributed by atoms with van der Waals surface area (Å²) in [6, 6.07) is 14.6. The van der Waals surface area contributed by atoms with Gasteiger partial charge >= 0.3 is 0 Å². The fourth-order valence-electron chi connectivity index (χ4n) is 1.57. The van der Waals surface area contributed by atoms with Crippen LogP contribution in [0.4, 0.5) is 5.69 Å². The lowest BCUT2D eigenvalue weighted by Gasteiger charge is -2.10. The zero-order valence-corrected chi connectivity index (χ0v) is 12.0. The highest BCUT2D eigenvalue weighted by atomic mass is 127. The third-order valence-electron chi connectivity index (χ3n) is 2.51. The van der Waals surface area contributed by atoms with Gasteiger partial charge in [0.2, 0.25) is 5.91 Å². The van der Waals surface area contributed by atoms with Crippen LogP contribution in [0.2, 0.25) is 0 Å². The number of benzene rings is 1. The molecule has 2 rings (SSSR count). The minimum Gasteiger partial charge on any atom is -0.324 e. The highest BCUT2D eigenvalue weighted by molar-refractivity contribution is 14.1. The summed E-state index contributed by atoms with van der Waals surface area (Å²) in [5, 5.41) is 11.9. The van der Waals surface area contributed by atoms with Crippen molar-refractivity contribution in [1.29, 1.82) is 5.26 Å². The van der Waals surface area contributed by atoms with Gasteiger partial charge in [-0.05, 0) is 46.9 Å². The van der Waals surface area contributed by atoms with E-state index in [4.69, 9.17) is 5.26 Å². The summed E-state index contributed by atoms with van der Waals surface area (Å²) in [4.78, 5) is 16.2. The number of nitriles is 1. The Hall–Kier alpha value is -1.94. The number of hydrogen-bond donors (Lipinski definition) is 1. The largest absolute Gasteiger partial charge is 0.324 e. The van der Waals surface area contributed by atoms with Crippen LogP contribution in [0.25, 0.3) is 0 Å². The van der Waals surface area contributed by atoms with E-state index in [1.165, 1.54) is 0 Å². The molecule has 0 aliphatic carbocycles. The predicted molar refractivity (Wildman–Crippen MR) is 80.4 cm³/mol. The first-order valence-electron chi connectivity index (χ1n) is 5.58. The molecule has 0 fully saturated rings. The normalized spacial score (nSPS) is 11.4. The third kappa shape index (κ3) is 3.29. The lowest BCUT2D eigenvalue weighted by Crippen LogP contribution is -2.21. The molecule has 0 unspecified atom stereocenters. The molecule has 1 N–H and O–H groups in total. The number of carbonyl (C=O) groups excluding carboxylic acids is 1. The smallest absolute Gasteiger partial charge is 0.247 e. The molecule has 4 nitrogen and oxygen atoms in total. The van der Waals surface area contributed by atoms with Crippen LogP contribution < -0.4 is 5.32 Å². The van der Waals surface area contributed by atoms with E-state index < -0.39 is 5.92 Å². The van der Waals surface area contributed by atoms with E-state index in [1.54, 1.807) is 30.5 Å². The molecule has 0 spiro atoms. The van der Waals surface area contributed by atoms with Crippen LogP contribution in [0.3, 0.4) is 0 Å². The van der Waals surface area contributed by atoms with Gasteiger partial charge in [0.15, 0.2) is 5.92 Å². The molecule has 0 aliphatic heterocycles. The van der Waals surface area contributed by atoms with Gasteiger partial charge in [-0.1, -0.05) is 18.2 Å². The van der Waals surface area contributed by atoms with Crippen molar-refractivity contribution in [3.8, 4) is 6.07 Å². The number of halogens is 1. The van der Waals surface area contributed by atoms with E-state index in [0.717, 1.165) is 3.57 Å². The minimum absolute atomic E-state index is 0.370. The Balaban J connectivity index is 2.20. The van der Waals surface area contributed by atoms with Crippen LogP contribution >= 0.6 is 22.6 Å². The van der Waals surface area contributed by atoms with Gasteiger partial charge in [0.1, 0.15) is 0 Å². The number of anilines is 1. The van der Waals surface area contributed by atoms with Gasteiger partial charge in [0.05, 0.1) is 17.5 Å². The van der Waals surface area contributed by atoms with E-state index in [0.29, 0.717) is 11.4 Å². The lowest BCUT2D eigenvalue weighted by molar-refractivity contribution is -0.116. The summed E-state index contributed by atoms with van der Waals surface area (Å²) in [5.74, 6) is -1.28. The summed E-state index contributed by atoms with van der Waals surface area (Å²) in [7, 11) is 0. The molecule has 0 saturated carbocycles. The first kappa shape index (κ1) is 13.5. The standard InChI is InChI=1S/C14H10IN3O/c15-11-5-1-2-7-13(11)18-14(19)10(9-16)12-6-3-4-8-17-12/h1-8,10H,(H,18,19)/t10-/m1/s1. The monoisotopic (exact) mass is 363 g/mol. The van der Waals surface area contributed by atoms with E-state index in [2.05, 4.69) is 32.9 Å². The molecule has 1 amide bonds. The summed E-state index contributed by atoms with van der Waals surface area (Å²) in [6.45, 7) is 0. The quantitative estimate of drug-likeness (QED) is 0.853. The van der Waals surface area contributed by atoms with Gasteiger partial charge < -0.3 is 5.32 Å². The first-order valence-corrected chi connectivity index (χ1v) is 6.66. The van der Waals surface area contributed by atoms with Crippen LogP contribution in [0.5, 0.6) is 0 Å². The maximum Gasteiger partial charge on any atom is 0.247 e. The Morgan fingerprint density at radius 3 is 2.63 bits per heavy atom. The SMILES string of the molecule is N#C[C@@H](C(=O)Nc1ccccc1I)c1ccccn1. The lowest BCUT2D eigenvalue weighted by atomic mass is 10.1. The first-order chi connectivity index (χ1) is 9.22. The molecule has 2 aromatic rings. The Morgan fingerprint density at radius 2 is 2.00 bits per heavy atom. The van der Waals surface area contributed by atoms with E-state index in [9.17, 15) is 4.79 Å². The molecule has 0 saturated heterocycles. The number of hydrogen-bond acceptors (Lipinski definition) is 3. The Bertz CT molecular complexity index is 622. The maximum atomic E-state index is 12.1. The van der Waals surface area contributed by atoms with E-state index in [-0.39, 0.29) is 5.91 Å². The molecule has 1 aromatic heterocycles. The average molecular weight is 363 g/mol. The van der Waals surface area contributed by atoms with E-state index >= 15 is 0 Å². The molecule has 1 aromatic carbocycles. The number of amides is 1. The van der Waals surface area contributed by atoms with Gasteiger partial charge in [0.25, 0.3) is 0 Å². The fourth-order valence-corrected chi connectivity index (χ4v) is 2.10. The fraction of sp³-hybridized carbons (Fsp3) is 0.0714. The number of rotatable bonds is 3. The predicted octanol–water partition coefficient (Wildman–Crippen LogP) is 2.93. The molecule has 94 valence electrons. The summed E-state index contributed by atoms with van der Waals surface area (Å²) < 4.78 is 0.922. The number of para-hydroxylation sites is 1. The highest BCUT2D eigenvalue weighted by Crippen LogP contribution is 2.20. The molecular formula is C14H10IN3O. The van der Waals surface area contributed by atoms with Crippen LogP contribution in [-0.4, -0.2) is 10.9 Å².